The smallest absolute Gasteiger partial charge is 0.257 e. The minimum absolute atomic E-state index is 0.0490. The monoisotopic (exact) mass is 488 g/mol. The molecule has 1 aromatic heterocycles. The van der Waals surface area contributed by atoms with Crippen LogP contribution in [0.15, 0.2) is 83.9 Å². The van der Waals surface area contributed by atoms with Gasteiger partial charge < -0.3 is 9.88 Å². The van der Waals surface area contributed by atoms with Crippen molar-refractivity contribution in [3.63, 3.8) is 0 Å². The number of carbonyl (C=O) groups is 2. The Labute approximate surface area is 203 Å². The molecular weight excluding hydrogens is 464 g/mol. The topological polar surface area (TPSA) is 111 Å². The minimum Gasteiger partial charge on any atom is -0.361 e. The van der Waals surface area contributed by atoms with Crippen molar-refractivity contribution in [3.05, 3.63) is 101 Å². The van der Waals surface area contributed by atoms with E-state index in [2.05, 4.69) is 15.2 Å². The maximum atomic E-state index is 13.3. The summed E-state index contributed by atoms with van der Waals surface area (Å²) in [6.45, 7) is 1.98. The number of benzene rings is 3. The van der Waals surface area contributed by atoms with E-state index in [-0.39, 0.29) is 29.8 Å². The quantitative estimate of drug-likeness (QED) is 0.346. The van der Waals surface area contributed by atoms with E-state index in [0.29, 0.717) is 5.56 Å². The fraction of sp³-hybridized carbons (Fsp3) is 0.154. The molecule has 5 rings (SSSR count). The molecule has 2 heterocycles. The predicted octanol–water partition coefficient (Wildman–Crippen LogP) is 3.42. The number of nitrogens with one attached hydrogen (secondary N) is 3. The molecular formula is C26H24N4O4S. The third-order valence-corrected chi connectivity index (χ3v) is 7.47. The van der Waals surface area contributed by atoms with Crippen molar-refractivity contribution < 1.29 is 18.0 Å². The van der Waals surface area contributed by atoms with Gasteiger partial charge >= 0.3 is 0 Å². The lowest BCUT2D eigenvalue weighted by Crippen LogP contribution is -2.43. The fourth-order valence-corrected chi connectivity index (χ4v) is 5.30. The number of aryl methyl sites for hydroxylation is 1. The number of sulfonamides is 1. The Hall–Kier alpha value is -3.95. The molecule has 0 bridgehead atoms. The zero-order valence-electron chi connectivity index (χ0n) is 19.0. The van der Waals surface area contributed by atoms with E-state index in [1.807, 2.05) is 55.6 Å². The van der Waals surface area contributed by atoms with Crippen molar-refractivity contribution >= 4 is 32.7 Å². The van der Waals surface area contributed by atoms with E-state index < -0.39 is 15.9 Å². The third-order valence-electron chi connectivity index (χ3n) is 6.21. The average Bonchev–Trinajstić information content (AvgIpc) is 3.40. The number of amides is 2. The van der Waals surface area contributed by atoms with Gasteiger partial charge in [0.1, 0.15) is 0 Å². The molecule has 0 saturated heterocycles. The summed E-state index contributed by atoms with van der Waals surface area (Å²) < 4.78 is 24.9. The van der Waals surface area contributed by atoms with Gasteiger partial charge in [-0.3, -0.25) is 15.0 Å². The molecule has 0 unspecified atom stereocenters. The van der Waals surface area contributed by atoms with E-state index in [1.165, 1.54) is 12.1 Å². The van der Waals surface area contributed by atoms with Crippen molar-refractivity contribution in [2.45, 2.75) is 24.3 Å². The summed E-state index contributed by atoms with van der Waals surface area (Å²) in [6.07, 6.45) is 1.82. The van der Waals surface area contributed by atoms with Gasteiger partial charge in [-0.05, 0) is 36.8 Å². The molecule has 1 atom stereocenters. The van der Waals surface area contributed by atoms with Gasteiger partial charge in [0, 0.05) is 41.2 Å². The molecule has 1 aliphatic heterocycles. The zero-order chi connectivity index (χ0) is 24.6. The van der Waals surface area contributed by atoms with Crippen LogP contribution in [0, 0.1) is 6.92 Å². The van der Waals surface area contributed by atoms with Crippen molar-refractivity contribution in [1.82, 2.24) is 20.1 Å². The number of carbonyl (C=O) groups excluding carboxylic acids is 2. The number of hydrogen-bond acceptors (Lipinski definition) is 4. The van der Waals surface area contributed by atoms with Crippen molar-refractivity contribution in [2.75, 3.05) is 6.54 Å². The van der Waals surface area contributed by atoms with Gasteiger partial charge in [0.25, 0.3) is 15.9 Å². The van der Waals surface area contributed by atoms with Crippen LogP contribution in [0.4, 0.5) is 0 Å². The number of nitrogens with zero attached hydrogens (tertiary/aromatic N) is 1. The molecule has 4 aromatic rings. The summed E-state index contributed by atoms with van der Waals surface area (Å²) in [5.41, 5.74) is 6.56. The Morgan fingerprint density at radius 3 is 2.49 bits per heavy atom. The number of rotatable bonds is 7. The highest BCUT2D eigenvalue weighted by Crippen LogP contribution is 2.41. The van der Waals surface area contributed by atoms with Crippen molar-refractivity contribution in [3.8, 4) is 0 Å². The molecule has 8 nitrogen and oxygen atoms in total. The molecule has 0 radical (unpaired) electrons. The maximum absolute atomic E-state index is 13.3. The Kier molecular flexibility index (Phi) is 5.88. The zero-order valence-corrected chi connectivity index (χ0v) is 19.8. The van der Waals surface area contributed by atoms with Crippen LogP contribution in [0.3, 0.4) is 0 Å². The Morgan fingerprint density at radius 1 is 0.971 bits per heavy atom. The van der Waals surface area contributed by atoms with E-state index in [0.717, 1.165) is 27.6 Å². The summed E-state index contributed by atoms with van der Waals surface area (Å²) in [5, 5.41) is 1.00. The molecule has 9 heteroatoms. The van der Waals surface area contributed by atoms with E-state index in [4.69, 9.17) is 0 Å². The maximum Gasteiger partial charge on any atom is 0.257 e. The molecule has 3 N–H and O–H groups in total. The van der Waals surface area contributed by atoms with Crippen LogP contribution >= 0.6 is 0 Å². The number of H-pyrrole nitrogens is 1. The van der Waals surface area contributed by atoms with Gasteiger partial charge in [-0.25, -0.2) is 8.42 Å². The molecule has 178 valence electrons. The number of fused-ring (bicyclic) bond motifs is 2. The SMILES string of the molecule is Cc1ccc(S(=O)(=O)NNC(=O)CCN2C(=O)c3ccccc3[C@@H]2c2c[nH]c3ccccc23)cc1. The van der Waals surface area contributed by atoms with Crippen molar-refractivity contribution in [2.24, 2.45) is 0 Å². The Bertz CT molecular complexity index is 1530. The van der Waals surface area contributed by atoms with Gasteiger partial charge in [-0.2, -0.15) is 0 Å². The van der Waals surface area contributed by atoms with E-state index in [1.54, 1.807) is 23.1 Å². The molecule has 0 saturated carbocycles. The summed E-state index contributed by atoms with van der Waals surface area (Å²) in [4.78, 5) is 32.9. The van der Waals surface area contributed by atoms with Crippen LogP contribution in [0.1, 0.15) is 39.5 Å². The molecule has 35 heavy (non-hydrogen) atoms. The fourth-order valence-electron chi connectivity index (χ4n) is 4.44. The molecule has 3 aromatic carbocycles. The first-order chi connectivity index (χ1) is 16.8. The number of aromatic amines is 1. The molecule has 2 amide bonds. The first-order valence-corrected chi connectivity index (χ1v) is 12.7. The standard InChI is InChI=1S/C26H24N4O4S/c1-17-10-12-18(13-11-17)35(33,34)29-28-24(31)14-15-30-25(20-7-2-3-8-21(20)26(30)32)22-16-27-23-9-5-4-6-19(22)23/h2-13,16,25,27,29H,14-15H2,1H3,(H,28,31)/t25-/m1/s1. The second-order valence-corrected chi connectivity index (χ2v) is 10.2. The van der Waals surface area contributed by atoms with Gasteiger partial charge in [0.05, 0.1) is 10.9 Å². The average molecular weight is 489 g/mol. The van der Waals surface area contributed by atoms with Crippen LogP contribution in [0.5, 0.6) is 0 Å². The lowest BCUT2D eigenvalue weighted by molar-refractivity contribution is -0.121. The molecule has 0 fully saturated rings. The van der Waals surface area contributed by atoms with Gasteiger partial charge in [-0.15, -0.1) is 4.83 Å². The second-order valence-electron chi connectivity index (χ2n) is 8.49. The van der Waals surface area contributed by atoms with Crippen LogP contribution in [-0.4, -0.2) is 36.7 Å². The Balaban J connectivity index is 1.33. The van der Waals surface area contributed by atoms with Gasteiger partial charge in [0.2, 0.25) is 5.91 Å². The predicted molar refractivity (Wildman–Crippen MR) is 132 cm³/mol. The van der Waals surface area contributed by atoms with Crippen LogP contribution in [0.25, 0.3) is 10.9 Å². The molecule has 1 aliphatic rings. The lowest BCUT2D eigenvalue weighted by Gasteiger charge is -2.25. The molecule has 0 aliphatic carbocycles. The van der Waals surface area contributed by atoms with Gasteiger partial charge in [-0.1, -0.05) is 54.1 Å². The highest BCUT2D eigenvalue weighted by atomic mass is 32.2. The number of para-hydroxylation sites is 1. The van der Waals surface area contributed by atoms with Crippen LogP contribution in [0.2, 0.25) is 0 Å². The van der Waals surface area contributed by atoms with Crippen molar-refractivity contribution in [1.29, 1.82) is 0 Å². The number of hydrogen-bond donors (Lipinski definition) is 3. The van der Waals surface area contributed by atoms with Crippen LogP contribution < -0.4 is 10.3 Å². The largest absolute Gasteiger partial charge is 0.361 e. The molecule has 0 spiro atoms. The summed E-state index contributed by atoms with van der Waals surface area (Å²) in [6, 6.07) is 21.2. The first-order valence-electron chi connectivity index (χ1n) is 11.2. The second kappa shape index (κ2) is 9.01. The third kappa shape index (κ3) is 4.31. The first kappa shape index (κ1) is 22.8. The summed E-state index contributed by atoms with van der Waals surface area (Å²) in [7, 11) is -3.90. The van der Waals surface area contributed by atoms with Crippen LogP contribution in [-0.2, 0) is 14.8 Å². The number of aromatic nitrogens is 1. The summed E-state index contributed by atoms with van der Waals surface area (Å²) >= 11 is 0. The summed E-state index contributed by atoms with van der Waals surface area (Å²) in [5.74, 6) is -0.703. The highest BCUT2D eigenvalue weighted by Gasteiger charge is 2.38. The highest BCUT2D eigenvalue weighted by molar-refractivity contribution is 7.89. The minimum atomic E-state index is -3.90. The van der Waals surface area contributed by atoms with E-state index >= 15 is 0 Å². The lowest BCUT2D eigenvalue weighted by atomic mass is 9.97. The number of hydrazine groups is 1. The van der Waals surface area contributed by atoms with Gasteiger partial charge in [0.15, 0.2) is 0 Å². The normalized spacial score (nSPS) is 15.4. The van der Waals surface area contributed by atoms with E-state index in [9.17, 15) is 18.0 Å². The Morgan fingerprint density at radius 2 is 1.69 bits per heavy atom.